The number of nitrogen functional groups attached to an aromatic ring is 1. The number of ketones is 1. The molecule has 4 heterocycles. The van der Waals surface area contributed by atoms with Gasteiger partial charge in [0.15, 0.2) is 0 Å². The molecular formula is C32H32N8O5S2. The molecular weight excluding hydrogens is 641 g/mol. The molecule has 0 atom stereocenters. The number of rotatable bonds is 8. The van der Waals surface area contributed by atoms with Crippen molar-refractivity contribution in [1.29, 1.82) is 0 Å². The third kappa shape index (κ3) is 5.60. The van der Waals surface area contributed by atoms with E-state index in [-0.39, 0.29) is 22.0 Å². The number of H-pyrrole nitrogens is 1. The number of nitrogens with zero attached hydrogens (tertiary/aromatic N) is 6. The highest BCUT2D eigenvalue weighted by Crippen LogP contribution is 2.31. The highest BCUT2D eigenvalue weighted by Gasteiger charge is 2.30. The molecule has 1 aliphatic heterocycles. The van der Waals surface area contributed by atoms with Crippen LogP contribution >= 0.6 is 0 Å². The van der Waals surface area contributed by atoms with Gasteiger partial charge in [-0.05, 0) is 61.0 Å². The number of fused-ring (bicyclic) bond motifs is 2. The average molecular weight is 673 g/mol. The Morgan fingerprint density at radius 3 is 2.40 bits per heavy atom. The lowest BCUT2D eigenvalue weighted by molar-refractivity contribution is 0.103. The third-order valence-corrected chi connectivity index (χ3v) is 11.5. The molecule has 47 heavy (non-hydrogen) atoms. The van der Waals surface area contributed by atoms with E-state index in [9.17, 15) is 21.6 Å². The molecule has 3 aromatic heterocycles. The number of anilines is 1. The summed E-state index contributed by atoms with van der Waals surface area (Å²) in [4.78, 5) is 24.0. The molecule has 1 aliphatic rings. The van der Waals surface area contributed by atoms with Crippen molar-refractivity contribution in [1.82, 2.24) is 32.9 Å². The number of hydrogen-bond acceptors (Lipinski definition) is 9. The number of aryl methyl sites for hydroxylation is 1. The van der Waals surface area contributed by atoms with E-state index >= 15 is 0 Å². The summed E-state index contributed by atoms with van der Waals surface area (Å²) in [6, 6.07) is 20.4. The molecule has 1 fully saturated rings. The third-order valence-electron chi connectivity index (χ3n) is 8.42. The van der Waals surface area contributed by atoms with Gasteiger partial charge >= 0.3 is 0 Å². The number of benzene rings is 3. The first-order valence-corrected chi connectivity index (χ1v) is 18.2. The van der Waals surface area contributed by atoms with Gasteiger partial charge in [0.1, 0.15) is 17.3 Å². The molecule has 3 aromatic carbocycles. The summed E-state index contributed by atoms with van der Waals surface area (Å²) in [7, 11) is -7.45. The Bertz CT molecular complexity index is 2390. The van der Waals surface area contributed by atoms with Crippen molar-refractivity contribution < 1.29 is 21.6 Å². The molecule has 0 spiro atoms. The van der Waals surface area contributed by atoms with Gasteiger partial charge in [0, 0.05) is 38.1 Å². The van der Waals surface area contributed by atoms with E-state index in [1.807, 2.05) is 25.1 Å². The van der Waals surface area contributed by atoms with Gasteiger partial charge in [0.25, 0.3) is 10.0 Å². The number of hydrogen-bond donors (Lipinski definition) is 2. The van der Waals surface area contributed by atoms with Crippen molar-refractivity contribution in [3.63, 3.8) is 0 Å². The van der Waals surface area contributed by atoms with Crippen LogP contribution in [0.25, 0.3) is 27.6 Å². The molecule has 0 bridgehead atoms. The molecule has 1 saturated heterocycles. The Kier molecular flexibility index (Phi) is 7.50. The number of piperazine rings is 1. The molecule has 6 aromatic rings. The van der Waals surface area contributed by atoms with E-state index in [0.29, 0.717) is 54.8 Å². The topological polar surface area (TPSA) is 169 Å². The van der Waals surface area contributed by atoms with Gasteiger partial charge in [-0.1, -0.05) is 24.3 Å². The molecule has 13 nitrogen and oxygen atoms in total. The minimum Gasteiger partial charge on any atom is -0.383 e. The molecule has 0 amide bonds. The molecule has 0 unspecified atom stereocenters. The first kappa shape index (κ1) is 30.8. The second-order valence-electron chi connectivity index (χ2n) is 11.7. The highest BCUT2D eigenvalue weighted by atomic mass is 32.2. The van der Waals surface area contributed by atoms with Crippen LogP contribution in [-0.2, 0) is 26.6 Å². The zero-order valence-corrected chi connectivity index (χ0v) is 27.3. The van der Waals surface area contributed by atoms with Crippen molar-refractivity contribution in [2.75, 3.05) is 38.2 Å². The predicted octanol–water partition coefficient (Wildman–Crippen LogP) is 3.14. The maximum Gasteiger partial charge on any atom is 0.268 e. The summed E-state index contributed by atoms with van der Waals surface area (Å²) in [5.74, 6) is 0.218. The lowest BCUT2D eigenvalue weighted by Crippen LogP contribution is -2.47. The van der Waals surface area contributed by atoms with Crippen LogP contribution in [0.1, 0.15) is 27.4 Å². The fourth-order valence-electron chi connectivity index (χ4n) is 6.06. The van der Waals surface area contributed by atoms with Crippen LogP contribution < -0.4 is 5.73 Å². The van der Waals surface area contributed by atoms with Gasteiger partial charge in [-0.2, -0.15) is 9.40 Å². The van der Waals surface area contributed by atoms with E-state index in [1.54, 1.807) is 42.5 Å². The minimum atomic E-state index is -4.20. The Hall–Kier alpha value is -4.83. The summed E-state index contributed by atoms with van der Waals surface area (Å²) in [5, 5.41) is 4.94. The second-order valence-corrected chi connectivity index (χ2v) is 15.4. The summed E-state index contributed by atoms with van der Waals surface area (Å²) in [6.07, 6.45) is 2.55. The highest BCUT2D eigenvalue weighted by molar-refractivity contribution is 7.90. The van der Waals surface area contributed by atoms with Crippen LogP contribution in [-0.4, -0.2) is 88.0 Å². The van der Waals surface area contributed by atoms with Crippen LogP contribution in [0.4, 0.5) is 5.82 Å². The van der Waals surface area contributed by atoms with Gasteiger partial charge in [0.05, 0.1) is 45.1 Å². The summed E-state index contributed by atoms with van der Waals surface area (Å²) < 4.78 is 56.0. The number of aromatic amines is 1. The number of nitrogens with two attached hydrogens (primary N) is 1. The molecule has 7 rings (SSSR count). The van der Waals surface area contributed by atoms with Crippen LogP contribution in [0, 0.1) is 6.92 Å². The molecule has 0 aliphatic carbocycles. The van der Waals surface area contributed by atoms with Crippen molar-refractivity contribution in [3.8, 4) is 5.69 Å². The molecule has 3 N–H and O–H groups in total. The number of imidazole rings is 1. The van der Waals surface area contributed by atoms with E-state index in [0.717, 1.165) is 20.9 Å². The first-order chi connectivity index (χ1) is 22.4. The van der Waals surface area contributed by atoms with Crippen molar-refractivity contribution in [2.45, 2.75) is 18.4 Å². The lowest BCUT2D eigenvalue weighted by atomic mass is 10.1. The van der Waals surface area contributed by atoms with Crippen LogP contribution in [0.15, 0.2) is 83.9 Å². The largest absolute Gasteiger partial charge is 0.383 e. The van der Waals surface area contributed by atoms with E-state index < -0.39 is 25.8 Å². The van der Waals surface area contributed by atoms with Gasteiger partial charge in [-0.15, -0.1) is 0 Å². The number of carbonyl (C=O) groups is 1. The molecule has 15 heteroatoms. The van der Waals surface area contributed by atoms with Crippen molar-refractivity contribution >= 4 is 53.6 Å². The Balaban J connectivity index is 1.27. The fourth-order valence-corrected chi connectivity index (χ4v) is 8.42. The Morgan fingerprint density at radius 2 is 1.68 bits per heavy atom. The Labute approximate surface area is 271 Å². The smallest absolute Gasteiger partial charge is 0.268 e. The molecule has 0 saturated carbocycles. The van der Waals surface area contributed by atoms with Crippen molar-refractivity contribution in [2.24, 2.45) is 0 Å². The standard InChI is InChI=1S/C32H32N8O5S2/c1-21-35-27-10-9-24(18-28(27)36-21)39-32(33)26(19-34-39)31(41)30-17-23-16-22(20-37-12-14-38(15-13-37)46(2,42)43)8-11-29(23)40(30)47(44,45)25-6-4-3-5-7-25/h3-11,16-19H,12-15,20,33H2,1-2H3,(H,35,36). The number of sulfonamides is 1. The summed E-state index contributed by atoms with van der Waals surface area (Å²) in [6.45, 7) is 4.31. The average Bonchev–Trinajstić information content (AvgIpc) is 3.74. The SMILES string of the molecule is Cc1nc2cc(-n3ncc(C(=O)c4cc5cc(CN6CCN(S(C)(=O)=O)CC6)ccc5n4S(=O)(=O)c4ccccc4)c3N)ccc2[nH]1. The lowest BCUT2D eigenvalue weighted by Gasteiger charge is -2.33. The number of nitrogens with one attached hydrogen (secondary N) is 1. The maximum atomic E-state index is 14.2. The van der Waals surface area contributed by atoms with E-state index in [1.165, 1.54) is 33.6 Å². The normalized spacial score (nSPS) is 15.1. The van der Waals surface area contributed by atoms with Crippen molar-refractivity contribution in [3.05, 3.63) is 102 Å². The number of carbonyl (C=O) groups excluding carboxylic acids is 1. The van der Waals surface area contributed by atoms with Gasteiger partial charge in [-0.3, -0.25) is 9.69 Å². The zero-order chi connectivity index (χ0) is 33.1. The summed E-state index contributed by atoms with van der Waals surface area (Å²) in [5.41, 5.74) is 9.87. The maximum absolute atomic E-state index is 14.2. The molecule has 242 valence electrons. The minimum absolute atomic E-state index is 0.0330. The van der Waals surface area contributed by atoms with Gasteiger partial charge in [0.2, 0.25) is 15.8 Å². The Morgan fingerprint density at radius 1 is 0.936 bits per heavy atom. The van der Waals surface area contributed by atoms with Crippen LogP contribution in [0.5, 0.6) is 0 Å². The fraction of sp³-hybridized carbons (Fsp3) is 0.219. The van der Waals surface area contributed by atoms with E-state index in [2.05, 4.69) is 20.0 Å². The molecule has 0 radical (unpaired) electrons. The van der Waals surface area contributed by atoms with Crippen LogP contribution in [0.3, 0.4) is 0 Å². The zero-order valence-electron chi connectivity index (χ0n) is 25.7. The van der Waals surface area contributed by atoms with E-state index in [4.69, 9.17) is 5.73 Å². The number of aromatic nitrogens is 5. The quantitative estimate of drug-likeness (QED) is 0.231. The van der Waals surface area contributed by atoms with Gasteiger partial charge < -0.3 is 10.7 Å². The summed E-state index contributed by atoms with van der Waals surface area (Å²) >= 11 is 0. The second kappa shape index (κ2) is 11.5. The predicted molar refractivity (Wildman–Crippen MR) is 178 cm³/mol. The van der Waals surface area contributed by atoms with Crippen LogP contribution in [0.2, 0.25) is 0 Å². The first-order valence-electron chi connectivity index (χ1n) is 14.9. The van der Waals surface area contributed by atoms with Gasteiger partial charge in [-0.25, -0.2) is 30.5 Å². The monoisotopic (exact) mass is 672 g/mol.